The topological polar surface area (TPSA) is 58.0 Å². The van der Waals surface area contributed by atoms with E-state index >= 15 is 0 Å². The van der Waals surface area contributed by atoms with Gasteiger partial charge in [-0.2, -0.15) is 11.2 Å². The molecule has 0 atom stereocenters. The summed E-state index contributed by atoms with van der Waals surface area (Å²) < 4.78 is 17.5. The van der Waals surface area contributed by atoms with Gasteiger partial charge in [0.25, 0.3) is 0 Å². The van der Waals surface area contributed by atoms with Gasteiger partial charge in [-0.25, -0.2) is 4.98 Å². The van der Waals surface area contributed by atoms with Crippen LogP contribution in [-0.4, -0.2) is 19.3 Å². The largest absolute Gasteiger partial charge is 2.00 e. The second kappa shape index (κ2) is 12.6. The zero-order chi connectivity index (χ0) is 35.0. The van der Waals surface area contributed by atoms with E-state index in [1.54, 1.807) is 0 Å². The van der Waals surface area contributed by atoms with E-state index in [4.69, 9.17) is 19.2 Å². The van der Waals surface area contributed by atoms with E-state index in [0.717, 1.165) is 66.5 Å². The number of benzene rings is 5. The number of aromatic nitrogens is 4. The van der Waals surface area contributed by atoms with E-state index < -0.39 is 0 Å². The van der Waals surface area contributed by atoms with E-state index in [-0.39, 0.29) is 26.5 Å². The molecule has 6 nitrogen and oxygen atoms in total. The van der Waals surface area contributed by atoms with Crippen molar-refractivity contribution in [2.45, 2.75) is 47.0 Å². The molecule has 0 fully saturated rings. The summed E-state index contributed by atoms with van der Waals surface area (Å²) in [6, 6.07) is 40.2. The third-order valence-electron chi connectivity index (χ3n) is 9.73. The van der Waals surface area contributed by atoms with Crippen molar-refractivity contribution >= 4 is 43.7 Å². The number of furan rings is 1. The number of rotatable bonds is 5. The van der Waals surface area contributed by atoms with E-state index in [1.165, 1.54) is 22.3 Å². The molecule has 5 aromatic carbocycles. The average Bonchev–Trinajstić information content (AvgIpc) is 3.82. The molecule has 0 amide bonds. The zero-order valence-corrected chi connectivity index (χ0v) is 32.1. The SMILES string of the molecule is Cc1cc(C)c(-c2ccn(-c3[c-]c(Oc4[c-]c5c(c6ccccc6n5-c5cc(C(C)(C)C)ccn5)c5oc6ccccc6c45)ccc3)n2)c(C)c1.[Pt+2]. The molecule has 0 aliphatic rings. The molecule has 52 heavy (non-hydrogen) atoms. The summed E-state index contributed by atoms with van der Waals surface area (Å²) in [4.78, 5) is 4.87. The molecule has 9 rings (SSSR count). The van der Waals surface area contributed by atoms with Crippen LogP contribution in [0, 0.1) is 32.9 Å². The predicted octanol–water partition coefficient (Wildman–Crippen LogP) is 11.5. The Labute approximate surface area is 316 Å². The third-order valence-corrected chi connectivity index (χ3v) is 9.73. The van der Waals surface area contributed by atoms with Crippen molar-refractivity contribution in [3.8, 4) is 34.3 Å². The molecule has 0 aliphatic carbocycles. The molecular weight excluding hydrogens is 824 g/mol. The summed E-state index contributed by atoms with van der Waals surface area (Å²) in [6.45, 7) is 13.0. The number of para-hydroxylation sites is 2. The number of pyridine rings is 1. The molecule has 0 radical (unpaired) electrons. The van der Waals surface area contributed by atoms with Gasteiger partial charge >= 0.3 is 21.1 Å². The maximum atomic E-state index is 6.79. The number of hydrogen-bond acceptors (Lipinski definition) is 4. The average molecular weight is 860 g/mol. The molecule has 7 heteroatoms. The van der Waals surface area contributed by atoms with Gasteiger partial charge in [0.15, 0.2) is 0 Å². The molecule has 258 valence electrons. The first-order valence-corrected chi connectivity index (χ1v) is 17.2. The van der Waals surface area contributed by atoms with Crippen molar-refractivity contribution in [3.05, 3.63) is 144 Å². The minimum atomic E-state index is -0.0472. The number of hydrogen-bond donors (Lipinski definition) is 0. The fourth-order valence-corrected chi connectivity index (χ4v) is 7.44. The van der Waals surface area contributed by atoms with E-state index in [2.05, 4.69) is 119 Å². The van der Waals surface area contributed by atoms with Crippen molar-refractivity contribution in [1.82, 2.24) is 19.3 Å². The van der Waals surface area contributed by atoms with Gasteiger partial charge in [-0.1, -0.05) is 85.8 Å². The first-order valence-electron chi connectivity index (χ1n) is 17.2. The van der Waals surface area contributed by atoms with Gasteiger partial charge in [0, 0.05) is 40.6 Å². The van der Waals surface area contributed by atoms with Crippen molar-refractivity contribution in [2.75, 3.05) is 0 Å². The number of ether oxygens (including phenoxy) is 1. The third kappa shape index (κ3) is 5.53. The van der Waals surface area contributed by atoms with Crippen LogP contribution < -0.4 is 4.74 Å². The minimum absolute atomic E-state index is 0. The predicted molar refractivity (Wildman–Crippen MR) is 206 cm³/mol. The van der Waals surface area contributed by atoms with Gasteiger partial charge in [0.05, 0.1) is 5.69 Å². The number of nitrogens with zero attached hydrogens (tertiary/aromatic N) is 4. The fourth-order valence-electron chi connectivity index (χ4n) is 7.44. The first-order chi connectivity index (χ1) is 24.6. The van der Waals surface area contributed by atoms with E-state index in [0.29, 0.717) is 11.5 Å². The Morgan fingerprint density at radius 1 is 0.769 bits per heavy atom. The molecule has 0 aliphatic heterocycles. The molecule has 4 aromatic heterocycles. The second-order valence-electron chi connectivity index (χ2n) is 14.4. The van der Waals surface area contributed by atoms with Crippen LogP contribution in [-0.2, 0) is 26.5 Å². The standard InChI is InChI=1S/C45H36N4O2.Pt/c1-27-22-28(2)41(29(3)23-27)35-19-21-48(47-35)31-12-11-13-32(25-31)50-39-26-37-42(44-43(39)34-15-8-10-17-38(34)51-44)33-14-7-9-16-36(33)49(37)40-24-30(18-20-46-40)45(4,5)6;/h7-24H,1-6H3;/q-2;+2. The molecule has 0 saturated carbocycles. The quantitative estimate of drug-likeness (QED) is 0.162. The fraction of sp³-hybridized carbons (Fsp3) is 0.156. The van der Waals surface area contributed by atoms with Crippen LogP contribution in [0.5, 0.6) is 11.5 Å². The Bertz CT molecular complexity index is 2790. The van der Waals surface area contributed by atoms with Crippen LogP contribution in [0.3, 0.4) is 0 Å². The normalized spacial score (nSPS) is 11.9. The van der Waals surface area contributed by atoms with Crippen molar-refractivity contribution in [2.24, 2.45) is 0 Å². The van der Waals surface area contributed by atoms with Crippen LogP contribution in [0.1, 0.15) is 43.0 Å². The van der Waals surface area contributed by atoms with E-state index in [1.807, 2.05) is 53.5 Å². The Balaban J connectivity index is 0.00000387. The van der Waals surface area contributed by atoms with Crippen molar-refractivity contribution in [3.63, 3.8) is 0 Å². The summed E-state index contributed by atoms with van der Waals surface area (Å²) in [5.74, 6) is 1.91. The van der Waals surface area contributed by atoms with Crippen LogP contribution >= 0.6 is 0 Å². The summed E-state index contributed by atoms with van der Waals surface area (Å²) >= 11 is 0. The summed E-state index contributed by atoms with van der Waals surface area (Å²) in [6.07, 6.45) is 3.86. The van der Waals surface area contributed by atoms with Gasteiger partial charge in [-0.05, 0) is 95.1 Å². The number of aryl methyl sites for hydroxylation is 3. The van der Waals surface area contributed by atoms with Gasteiger partial charge < -0.3 is 13.7 Å². The zero-order valence-electron chi connectivity index (χ0n) is 29.8. The molecule has 0 unspecified atom stereocenters. The maximum Gasteiger partial charge on any atom is 2.00 e. The van der Waals surface area contributed by atoms with Gasteiger partial charge in [0.1, 0.15) is 11.4 Å². The van der Waals surface area contributed by atoms with Crippen LogP contribution in [0.25, 0.3) is 66.5 Å². The summed E-state index contributed by atoms with van der Waals surface area (Å²) in [5.41, 5.74) is 11.0. The Morgan fingerprint density at radius 2 is 1.52 bits per heavy atom. The molecule has 0 bridgehead atoms. The minimum Gasteiger partial charge on any atom is -0.508 e. The van der Waals surface area contributed by atoms with Crippen LogP contribution in [0.4, 0.5) is 0 Å². The smallest absolute Gasteiger partial charge is 0.508 e. The molecule has 4 heterocycles. The van der Waals surface area contributed by atoms with Crippen LogP contribution in [0.15, 0.2) is 114 Å². The molecular formula is C45H36N4O2Pt. The number of fused-ring (bicyclic) bond motifs is 7. The summed E-state index contributed by atoms with van der Waals surface area (Å²) in [7, 11) is 0. The summed E-state index contributed by atoms with van der Waals surface area (Å²) in [5, 5.41) is 8.82. The molecule has 0 saturated heterocycles. The van der Waals surface area contributed by atoms with Crippen molar-refractivity contribution in [1.29, 1.82) is 0 Å². The maximum absolute atomic E-state index is 6.79. The van der Waals surface area contributed by atoms with Gasteiger partial charge in [-0.3, -0.25) is 4.68 Å². The Hall–Kier alpha value is -5.45. The van der Waals surface area contributed by atoms with Gasteiger partial charge in [-0.15, -0.1) is 24.3 Å². The Kier molecular flexibility index (Phi) is 8.19. The molecule has 0 N–H and O–H groups in total. The second-order valence-corrected chi connectivity index (χ2v) is 14.4. The monoisotopic (exact) mass is 859 g/mol. The molecule has 9 aromatic rings. The Morgan fingerprint density at radius 3 is 2.31 bits per heavy atom. The first kappa shape index (κ1) is 33.7. The van der Waals surface area contributed by atoms with E-state index in [9.17, 15) is 0 Å². The molecule has 0 spiro atoms. The van der Waals surface area contributed by atoms with Crippen LogP contribution in [0.2, 0.25) is 0 Å². The van der Waals surface area contributed by atoms with Crippen molar-refractivity contribution < 1.29 is 30.2 Å². The van der Waals surface area contributed by atoms with Gasteiger partial charge in [0.2, 0.25) is 0 Å².